The minimum absolute atomic E-state index is 0.0740. The summed E-state index contributed by atoms with van der Waals surface area (Å²) in [4.78, 5) is 15.6. The van der Waals surface area contributed by atoms with Gasteiger partial charge >= 0.3 is 0 Å². The number of likely N-dealkylation sites (tertiary alicyclic amines) is 1. The quantitative estimate of drug-likeness (QED) is 0.587. The minimum atomic E-state index is -0.283. The first-order chi connectivity index (χ1) is 15.3. The number of amides is 1. The lowest BCUT2D eigenvalue weighted by Crippen LogP contribution is -2.76. The Morgan fingerprint density at radius 2 is 1.62 bits per heavy atom. The van der Waals surface area contributed by atoms with Gasteiger partial charge in [-0.2, -0.15) is 0 Å². The van der Waals surface area contributed by atoms with Crippen molar-refractivity contribution < 1.29 is 9.53 Å². The van der Waals surface area contributed by atoms with Crippen molar-refractivity contribution in [1.82, 2.24) is 4.90 Å². The predicted molar refractivity (Wildman–Crippen MR) is 126 cm³/mol. The van der Waals surface area contributed by atoms with Gasteiger partial charge in [-0.3, -0.25) is 4.79 Å². The van der Waals surface area contributed by atoms with Crippen LogP contribution in [0.1, 0.15) is 57.7 Å². The summed E-state index contributed by atoms with van der Waals surface area (Å²) < 4.78 is 6.77. The number of hydrogen-bond donors (Lipinski definition) is 0. The molecular weight excluding hydrogens is 394 g/mol. The Balaban J connectivity index is 1.37. The normalized spacial score (nSPS) is 39.9. The van der Waals surface area contributed by atoms with E-state index in [2.05, 4.69) is 87.2 Å². The molecule has 8 atom stereocenters. The van der Waals surface area contributed by atoms with Crippen molar-refractivity contribution in [3.63, 3.8) is 0 Å². The van der Waals surface area contributed by atoms with E-state index in [1.807, 2.05) is 6.07 Å². The van der Waals surface area contributed by atoms with Crippen molar-refractivity contribution >= 4 is 5.91 Å². The third-order valence-electron chi connectivity index (χ3n) is 9.70. The summed E-state index contributed by atoms with van der Waals surface area (Å²) in [5, 5.41) is 0. The fourth-order valence-corrected chi connectivity index (χ4v) is 7.68. The molecule has 32 heavy (non-hydrogen) atoms. The Bertz CT molecular complexity index is 1020. The Labute approximate surface area is 192 Å². The molecule has 2 saturated carbocycles. The fraction of sp³-hybridized carbons (Fsp3) is 0.552. The molecule has 168 valence electrons. The highest BCUT2D eigenvalue weighted by atomic mass is 16.5. The highest BCUT2D eigenvalue weighted by molar-refractivity contribution is 5.89. The Kier molecular flexibility index (Phi) is 4.44. The molecule has 2 aromatic rings. The van der Waals surface area contributed by atoms with Crippen LogP contribution in [0, 0.1) is 29.1 Å². The second kappa shape index (κ2) is 6.93. The first-order valence-electron chi connectivity index (χ1n) is 12.4. The zero-order valence-electron chi connectivity index (χ0n) is 19.7. The topological polar surface area (TPSA) is 29.5 Å². The van der Waals surface area contributed by atoms with Crippen LogP contribution in [0.25, 0.3) is 0 Å². The average molecular weight is 430 g/mol. The molecule has 0 N–H and O–H groups in total. The summed E-state index contributed by atoms with van der Waals surface area (Å²) in [6, 6.07) is 21.6. The molecule has 0 unspecified atom stereocenters. The molecule has 0 bridgehead atoms. The largest absolute Gasteiger partial charge is 0.360 e. The van der Waals surface area contributed by atoms with E-state index < -0.39 is 0 Å². The van der Waals surface area contributed by atoms with E-state index in [1.165, 1.54) is 17.5 Å². The smallest absolute Gasteiger partial charge is 0.254 e. The lowest BCUT2D eigenvalue weighted by molar-refractivity contribution is -0.260. The van der Waals surface area contributed by atoms with E-state index in [0.29, 0.717) is 17.3 Å². The van der Waals surface area contributed by atoms with Gasteiger partial charge in [0.15, 0.2) is 6.10 Å². The van der Waals surface area contributed by atoms with Crippen LogP contribution in [0.15, 0.2) is 60.7 Å². The summed E-state index contributed by atoms with van der Waals surface area (Å²) in [5.74, 6) is 2.65. The van der Waals surface area contributed by atoms with Crippen LogP contribution >= 0.6 is 0 Å². The molecule has 1 amide bonds. The van der Waals surface area contributed by atoms with Crippen molar-refractivity contribution in [3.8, 4) is 0 Å². The van der Waals surface area contributed by atoms with Crippen LogP contribution in [-0.2, 0) is 16.0 Å². The summed E-state index contributed by atoms with van der Waals surface area (Å²) in [5.41, 5.74) is 2.82. The van der Waals surface area contributed by atoms with E-state index in [4.69, 9.17) is 4.74 Å². The third kappa shape index (κ3) is 2.86. The number of hydrogen-bond acceptors (Lipinski definition) is 2. The van der Waals surface area contributed by atoms with E-state index >= 15 is 0 Å². The van der Waals surface area contributed by atoms with Crippen molar-refractivity contribution in [2.24, 2.45) is 29.1 Å². The number of nitrogens with zero attached hydrogens (tertiary/aromatic N) is 1. The van der Waals surface area contributed by atoms with Crippen molar-refractivity contribution in [3.05, 3.63) is 71.8 Å². The number of ether oxygens (including phenoxy) is 1. The zero-order chi connectivity index (χ0) is 22.3. The Morgan fingerprint density at radius 3 is 2.31 bits per heavy atom. The number of benzene rings is 2. The van der Waals surface area contributed by atoms with Crippen LogP contribution in [-0.4, -0.2) is 28.6 Å². The molecule has 3 nitrogen and oxygen atoms in total. The summed E-state index contributed by atoms with van der Waals surface area (Å²) in [7, 11) is 0. The van der Waals surface area contributed by atoms with Gasteiger partial charge in [0, 0.05) is 0 Å². The van der Waals surface area contributed by atoms with Gasteiger partial charge in [-0.05, 0) is 73.3 Å². The second-order valence-electron chi connectivity index (χ2n) is 11.6. The molecule has 2 heterocycles. The number of fused-ring (bicyclic) bond motifs is 3. The Morgan fingerprint density at radius 1 is 0.969 bits per heavy atom. The predicted octanol–water partition coefficient (Wildman–Crippen LogP) is 5.66. The molecular formula is C29H35NO2. The number of rotatable bonds is 4. The molecule has 3 heteroatoms. The summed E-state index contributed by atoms with van der Waals surface area (Å²) in [6.07, 6.45) is 3.08. The SMILES string of the molecule is C[C@H](c1ccccc1)N1C(=O)[C@@H]2O[C@]3(C)C[C@H]4[C@@H](C[C@@H]3[C@@H](Cc3ccccc3)[C@@H]21)C4(C)C. The first kappa shape index (κ1) is 20.5. The highest BCUT2D eigenvalue weighted by Crippen LogP contribution is 2.70. The van der Waals surface area contributed by atoms with Gasteiger partial charge in [0.25, 0.3) is 5.91 Å². The van der Waals surface area contributed by atoms with Crippen LogP contribution in [0.5, 0.6) is 0 Å². The molecule has 0 aromatic heterocycles. The average Bonchev–Trinajstić information content (AvgIpc) is 3.32. The zero-order valence-corrected chi connectivity index (χ0v) is 19.7. The summed E-state index contributed by atoms with van der Waals surface area (Å²) in [6.45, 7) is 9.35. The summed E-state index contributed by atoms with van der Waals surface area (Å²) >= 11 is 0. The van der Waals surface area contributed by atoms with Crippen LogP contribution in [0.2, 0.25) is 0 Å². The van der Waals surface area contributed by atoms with Gasteiger partial charge in [0.1, 0.15) is 0 Å². The molecule has 0 spiro atoms. The highest BCUT2D eigenvalue weighted by Gasteiger charge is 2.70. The van der Waals surface area contributed by atoms with Gasteiger partial charge in [0.05, 0.1) is 17.7 Å². The second-order valence-corrected chi connectivity index (χ2v) is 11.6. The van der Waals surface area contributed by atoms with Crippen LogP contribution in [0.3, 0.4) is 0 Å². The minimum Gasteiger partial charge on any atom is -0.360 e. The number of carbonyl (C=O) groups is 1. The van der Waals surface area contributed by atoms with Crippen LogP contribution < -0.4 is 0 Å². The van der Waals surface area contributed by atoms with E-state index in [-0.39, 0.29) is 29.7 Å². The van der Waals surface area contributed by atoms with Gasteiger partial charge in [-0.15, -0.1) is 0 Å². The lowest BCUT2D eigenvalue weighted by atomic mass is 9.61. The van der Waals surface area contributed by atoms with E-state index in [1.54, 1.807) is 0 Å². The van der Waals surface area contributed by atoms with Gasteiger partial charge < -0.3 is 9.64 Å². The van der Waals surface area contributed by atoms with Crippen molar-refractivity contribution in [1.29, 1.82) is 0 Å². The molecule has 2 aromatic carbocycles. The van der Waals surface area contributed by atoms with Gasteiger partial charge in [-0.25, -0.2) is 0 Å². The molecule has 2 saturated heterocycles. The lowest BCUT2D eigenvalue weighted by Gasteiger charge is -2.63. The van der Waals surface area contributed by atoms with Crippen molar-refractivity contribution in [2.75, 3.05) is 0 Å². The molecule has 2 aliphatic carbocycles. The molecule has 6 rings (SSSR count). The van der Waals surface area contributed by atoms with E-state index in [9.17, 15) is 4.79 Å². The number of β-lactam (4-membered cyclic amide) rings is 1. The van der Waals surface area contributed by atoms with E-state index in [0.717, 1.165) is 24.7 Å². The maximum Gasteiger partial charge on any atom is 0.254 e. The molecule has 4 aliphatic rings. The van der Waals surface area contributed by atoms with Crippen LogP contribution in [0.4, 0.5) is 0 Å². The monoisotopic (exact) mass is 429 g/mol. The number of carbonyl (C=O) groups excluding carboxylic acids is 1. The third-order valence-corrected chi connectivity index (χ3v) is 9.70. The van der Waals surface area contributed by atoms with Gasteiger partial charge in [0.2, 0.25) is 0 Å². The molecule has 2 aliphatic heterocycles. The molecule has 4 fully saturated rings. The van der Waals surface area contributed by atoms with Gasteiger partial charge in [-0.1, -0.05) is 74.5 Å². The maximum absolute atomic E-state index is 13.4. The Hall–Kier alpha value is -2.13. The molecule has 0 radical (unpaired) electrons. The van der Waals surface area contributed by atoms with Crippen molar-refractivity contribution in [2.45, 2.75) is 70.7 Å². The maximum atomic E-state index is 13.4. The first-order valence-corrected chi connectivity index (χ1v) is 12.4. The fourth-order valence-electron chi connectivity index (χ4n) is 7.68. The standard InChI is InChI=1S/C29H35NO2/c1-18(20-13-9-6-10-14-20)30-25-21(15-19-11-7-5-8-12-19)22-16-23-24(28(23,2)3)17-29(22,4)32-26(25)27(30)31/h5-14,18,21-26H,15-17H2,1-4H3/t18-,21-,22-,23-,24+,25+,26-,29-/m1/s1.